The van der Waals surface area contributed by atoms with Crippen LogP contribution < -0.4 is 4.90 Å². The van der Waals surface area contributed by atoms with Crippen molar-refractivity contribution in [1.29, 1.82) is 0 Å². The molecule has 3 aliphatic heterocycles. The van der Waals surface area contributed by atoms with E-state index in [1.54, 1.807) is 45.8 Å². The van der Waals surface area contributed by atoms with Gasteiger partial charge in [0.25, 0.3) is 5.91 Å². The van der Waals surface area contributed by atoms with Crippen LogP contribution in [-0.2, 0) is 19.1 Å². The molecule has 0 radical (unpaired) electrons. The van der Waals surface area contributed by atoms with Crippen molar-refractivity contribution in [3.05, 3.63) is 54.6 Å². The largest absolute Gasteiger partial charge is 0.461 e. The highest BCUT2D eigenvalue weighted by molar-refractivity contribution is 8.02. The minimum absolute atomic E-state index is 0.000747. The Morgan fingerprint density at radius 3 is 2.69 bits per heavy atom. The summed E-state index contributed by atoms with van der Waals surface area (Å²) in [5.41, 5.74) is 0.553. The number of esters is 1. The van der Waals surface area contributed by atoms with E-state index in [2.05, 4.69) is 13.2 Å². The predicted molar refractivity (Wildman–Crippen MR) is 142 cm³/mol. The first-order valence-electron chi connectivity index (χ1n) is 12.3. The van der Waals surface area contributed by atoms with E-state index in [0.29, 0.717) is 42.9 Å². The number of anilines is 1. The molecule has 5 atom stereocenters. The first kappa shape index (κ1) is 26.8. The van der Waals surface area contributed by atoms with Crippen LogP contribution in [0, 0.1) is 11.8 Å². The van der Waals surface area contributed by atoms with E-state index in [9.17, 15) is 19.5 Å². The number of rotatable bonds is 11. The van der Waals surface area contributed by atoms with E-state index in [4.69, 9.17) is 16.3 Å². The summed E-state index contributed by atoms with van der Waals surface area (Å²) in [6, 6.07) is 6.35. The number of halogens is 1. The second-order valence-corrected chi connectivity index (χ2v) is 12.1. The van der Waals surface area contributed by atoms with Gasteiger partial charge in [-0.05, 0) is 44.7 Å². The van der Waals surface area contributed by atoms with E-state index in [-0.39, 0.29) is 31.6 Å². The Kier molecular flexibility index (Phi) is 7.88. The number of aliphatic hydroxyl groups is 1. The van der Waals surface area contributed by atoms with E-state index in [1.807, 2.05) is 13.0 Å². The van der Waals surface area contributed by atoms with Crippen molar-refractivity contribution in [3.63, 3.8) is 0 Å². The molecule has 1 aromatic carbocycles. The number of hydrogen-bond acceptors (Lipinski definition) is 6. The van der Waals surface area contributed by atoms with Gasteiger partial charge >= 0.3 is 5.97 Å². The highest BCUT2D eigenvalue weighted by atomic mass is 35.5. The fourth-order valence-corrected chi connectivity index (χ4v) is 8.76. The molecule has 2 amide bonds. The fourth-order valence-electron chi connectivity index (χ4n) is 6.18. The standard InChI is InChI=1S/C27H33ClN2O5S/c1-4-14-29(19-11-7-6-10-18(19)28)24(33)22-27-13-12-26(3,36-27)21(25(34)35-17-5-2)20(27)23(32)30(22)15-8-9-16-31/h4-7,10-11,20-22,31H,1-2,8-9,12-17H2,3H3/t20-,21-,22?,26+,27?/m0/s1. The summed E-state index contributed by atoms with van der Waals surface area (Å²) >= 11 is 8.08. The van der Waals surface area contributed by atoms with Crippen molar-refractivity contribution >= 4 is 46.8 Å². The highest BCUT2D eigenvalue weighted by Gasteiger charge is 2.77. The number of amides is 2. The summed E-state index contributed by atoms with van der Waals surface area (Å²) in [5, 5.41) is 9.77. The molecule has 3 aliphatic rings. The Hall–Kier alpha value is -2.29. The number of ether oxygens (including phenoxy) is 1. The zero-order valence-corrected chi connectivity index (χ0v) is 22.1. The topological polar surface area (TPSA) is 87.1 Å². The van der Waals surface area contributed by atoms with Gasteiger partial charge in [-0.15, -0.1) is 18.3 Å². The molecule has 3 fully saturated rings. The second-order valence-electron chi connectivity index (χ2n) is 9.80. The van der Waals surface area contributed by atoms with Crippen LogP contribution in [0.3, 0.4) is 0 Å². The van der Waals surface area contributed by atoms with Crippen molar-refractivity contribution in [2.75, 3.05) is 31.2 Å². The Morgan fingerprint density at radius 1 is 1.28 bits per heavy atom. The zero-order valence-electron chi connectivity index (χ0n) is 20.5. The molecule has 0 saturated carbocycles. The van der Waals surface area contributed by atoms with Crippen LogP contribution in [0.15, 0.2) is 49.6 Å². The second kappa shape index (κ2) is 10.6. The third-order valence-electron chi connectivity index (χ3n) is 7.64. The molecular formula is C27H33ClN2O5S. The Balaban J connectivity index is 1.78. The maximum Gasteiger partial charge on any atom is 0.311 e. The number of nitrogens with zero attached hydrogens (tertiary/aromatic N) is 2. The molecule has 194 valence electrons. The lowest BCUT2D eigenvalue weighted by molar-refractivity contribution is -0.154. The predicted octanol–water partition coefficient (Wildman–Crippen LogP) is 3.84. The monoisotopic (exact) mass is 532 g/mol. The average molecular weight is 533 g/mol. The minimum Gasteiger partial charge on any atom is -0.461 e. The van der Waals surface area contributed by atoms with Crippen LogP contribution in [0.2, 0.25) is 5.02 Å². The van der Waals surface area contributed by atoms with Crippen LogP contribution in [0.4, 0.5) is 5.69 Å². The Labute approximate surface area is 221 Å². The molecule has 3 heterocycles. The number of para-hydroxylation sites is 1. The normalized spacial score (nSPS) is 30.2. The summed E-state index contributed by atoms with van der Waals surface area (Å²) in [6.45, 7) is 10.1. The van der Waals surface area contributed by atoms with Gasteiger partial charge in [0.05, 0.1) is 27.3 Å². The van der Waals surface area contributed by atoms with E-state index in [0.717, 1.165) is 0 Å². The number of thioether (sulfide) groups is 1. The molecule has 0 aromatic heterocycles. The summed E-state index contributed by atoms with van der Waals surface area (Å²) in [5.74, 6) is -2.14. The van der Waals surface area contributed by atoms with Gasteiger partial charge in [-0.1, -0.05) is 42.5 Å². The minimum atomic E-state index is -0.769. The summed E-state index contributed by atoms with van der Waals surface area (Å²) in [4.78, 5) is 44.8. The molecule has 1 N–H and O–H groups in total. The quantitative estimate of drug-likeness (QED) is 0.265. The van der Waals surface area contributed by atoms with E-state index >= 15 is 0 Å². The maximum atomic E-state index is 14.4. The Morgan fingerprint density at radius 2 is 2.03 bits per heavy atom. The van der Waals surface area contributed by atoms with Gasteiger partial charge in [0.2, 0.25) is 5.91 Å². The molecule has 1 aromatic rings. The van der Waals surface area contributed by atoms with Crippen molar-refractivity contribution in [3.8, 4) is 0 Å². The van der Waals surface area contributed by atoms with Gasteiger partial charge in [0, 0.05) is 24.4 Å². The number of benzene rings is 1. The fraction of sp³-hybridized carbons (Fsp3) is 0.519. The van der Waals surface area contributed by atoms with Gasteiger partial charge in [-0.3, -0.25) is 14.4 Å². The molecular weight excluding hydrogens is 500 g/mol. The van der Waals surface area contributed by atoms with Gasteiger partial charge in [0.1, 0.15) is 12.6 Å². The molecule has 0 aliphatic carbocycles. The number of likely N-dealkylation sites (tertiary alicyclic amines) is 1. The third-order valence-corrected chi connectivity index (χ3v) is 9.94. The van der Waals surface area contributed by atoms with E-state index < -0.39 is 33.3 Å². The third kappa shape index (κ3) is 4.27. The van der Waals surface area contributed by atoms with Crippen molar-refractivity contribution in [1.82, 2.24) is 4.90 Å². The number of carbonyl (C=O) groups is 3. The van der Waals surface area contributed by atoms with Crippen LogP contribution >= 0.6 is 23.4 Å². The summed E-state index contributed by atoms with van der Waals surface area (Å²) < 4.78 is 4.20. The maximum absolute atomic E-state index is 14.4. The SMILES string of the molecule is C=CCOC(=O)[C@@H]1[C@H]2C(=O)N(CCCCO)C(C(=O)N(CC=C)c3ccccc3Cl)C23CC[C@@]1(C)S3. The van der Waals surface area contributed by atoms with Gasteiger partial charge in [-0.2, -0.15) is 0 Å². The molecule has 36 heavy (non-hydrogen) atoms. The molecule has 4 rings (SSSR count). The van der Waals surface area contributed by atoms with Crippen LogP contribution in [0.1, 0.15) is 32.6 Å². The smallest absolute Gasteiger partial charge is 0.311 e. The number of hydrogen-bond donors (Lipinski definition) is 1. The molecule has 2 unspecified atom stereocenters. The molecule has 3 saturated heterocycles. The lowest BCUT2D eigenvalue weighted by Crippen LogP contribution is -2.55. The van der Waals surface area contributed by atoms with Gasteiger partial charge < -0.3 is 19.6 Å². The van der Waals surface area contributed by atoms with Crippen LogP contribution in [-0.4, -0.2) is 69.6 Å². The summed E-state index contributed by atoms with van der Waals surface area (Å²) in [6.07, 6.45) is 5.56. The van der Waals surface area contributed by atoms with Crippen molar-refractivity contribution < 1.29 is 24.2 Å². The highest BCUT2D eigenvalue weighted by Crippen LogP contribution is 2.71. The Bertz CT molecular complexity index is 1070. The molecule has 7 nitrogen and oxygen atoms in total. The first-order chi connectivity index (χ1) is 17.3. The number of unbranched alkanes of at least 4 members (excludes halogenated alkanes) is 1. The number of carbonyl (C=O) groups excluding carboxylic acids is 3. The van der Waals surface area contributed by atoms with Crippen LogP contribution in [0.5, 0.6) is 0 Å². The lowest BCUT2D eigenvalue weighted by atomic mass is 9.66. The van der Waals surface area contributed by atoms with Gasteiger partial charge in [0.15, 0.2) is 0 Å². The number of fused-ring (bicyclic) bond motifs is 1. The van der Waals surface area contributed by atoms with Crippen LogP contribution in [0.25, 0.3) is 0 Å². The molecule has 2 bridgehead atoms. The summed E-state index contributed by atoms with van der Waals surface area (Å²) in [7, 11) is 0. The van der Waals surface area contributed by atoms with E-state index in [1.165, 1.54) is 6.08 Å². The average Bonchev–Trinajstić information content (AvgIpc) is 3.42. The first-order valence-corrected chi connectivity index (χ1v) is 13.5. The molecule has 9 heteroatoms. The molecule has 1 spiro atoms. The van der Waals surface area contributed by atoms with Crippen molar-refractivity contribution in [2.45, 2.75) is 48.1 Å². The zero-order chi connectivity index (χ0) is 26.1. The van der Waals surface area contributed by atoms with Gasteiger partial charge in [-0.25, -0.2) is 0 Å². The number of aliphatic hydroxyl groups excluding tert-OH is 1. The van der Waals surface area contributed by atoms with Crippen molar-refractivity contribution in [2.24, 2.45) is 11.8 Å². The lowest BCUT2D eigenvalue weighted by Gasteiger charge is -2.37.